The molecule has 0 saturated heterocycles. The van der Waals surface area contributed by atoms with Crippen LogP contribution < -0.4 is 10.5 Å². The Morgan fingerprint density at radius 1 is 1.27 bits per heavy atom. The lowest BCUT2D eigenvalue weighted by Crippen LogP contribution is -2.28. The predicted molar refractivity (Wildman–Crippen MR) is 93.9 cm³/mol. The van der Waals surface area contributed by atoms with Gasteiger partial charge in [0.2, 0.25) is 0 Å². The van der Waals surface area contributed by atoms with Gasteiger partial charge in [0.05, 0.1) is 11.1 Å². The van der Waals surface area contributed by atoms with Crippen molar-refractivity contribution in [3.8, 4) is 5.75 Å². The van der Waals surface area contributed by atoms with Crippen molar-refractivity contribution in [2.24, 2.45) is 5.41 Å². The first-order valence-corrected chi connectivity index (χ1v) is 8.43. The average Bonchev–Trinajstić information content (AvgIpc) is 2.46. The number of Topliss-reactive ketones (excluding diaryl/α,β-unsaturated/α-hetero) is 1. The third-order valence-corrected chi connectivity index (χ3v) is 4.36. The molecule has 0 radical (unpaired) electrons. The number of nitrogens with two attached hydrogens (primary N) is 1. The molecular weight excluding hydrogens is 298 g/mol. The van der Waals surface area contributed by atoms with Crippen molar-refractivity contribution >= 4 is 23.1 Å². The summed E-state index contributed by atoms with van der Waals surface area (Å²) in [5.74, 6) is 0.495. The topological polar surface area (TPSA) is 52.3 Å². The molecule has 2 rings (SSSR count). The van der Waals surface area contributed by atoms with Crippen LogP contribution >= 0.6 is 11.6 Å². The van der Waals surface area contributed by atoms with Crippen LogP contribution in [0.15, 0.2) is 12.1 Å². The van der Waals surface area contributed by atoms with Crippen LogP contribution in [0.5, 0.6) is 5.75 Å². The highest BCUT2D eigenvalue weighted by Gasteiger charge is 2.28. The standard InChI is InChI=1S/C16H22ClNO2.C2H6/c1-10(19)12-8-13(17)15(9-14(12)18)20-11-4-6-16(2,3)7-5-11;1-2/h8-9,11H,4-7,18H2,1-3H3;1-2H3. The van der Waals surface area contributed by atoms with E-state index in [-0.39, 0.29) is 11.9 Å². The number of ketones is 1. The lowest BCUT2D eigenvalue weighted by atomic mass is 9.76. The number of halogens is 1. The lowest BCUT2D eigenvalue weighted by molar-refractivity contribution is 0.0986. The number of rotatable bonds is 3. The van der Waals surface area contributed by atoms with Crippen molar-refractivity contribution in [2.45, 2.75) is 66.4 Å². The summed E-state index contributed by atoms with van der Waals surface area (Å²) in [4.78, 5) is 11.4. The molecule has 0 heterocycles. The number of hydrogen-bond donors (Lipinski definition) is 1. The SMILES string of the molecule is CC.CC(=O)c1cc(Cl)c(OC2CCC(C)(C)CC2)cc1N. The number of benzene rings is 1. The van der Waals surface area contributed by atoms with Gasteiger partial charge in [-0.05, 0) is 44.1 Å². The Kier molecular flexibility index (Phi) is 6.73. The molecule has 0 amide bonds. The van der Waals surface area contributed by atoms with E-state index in [1.54, 1.807) is 12.1 Å². The van der Waals surface area contributed by atoms with Crippen molar-refractivity contribution in [3.05, 3.63) is 22.7 Å². The molecule has 1 aliphatic rings. The van der Waals surface area contributed by atoms with Crippen LogP contribution in [-0.2, 0) is 0 Å². The van der Waals surface area contributed by atoms with Crippen LogP contribution in [-0.4, -0.2) is 11.9 Å². The highest BCUT2D eigenvalue weighted by atomic mass is 35.5. The minimum Gasteiger partial charge on any atom is -0.489 e. The summed E-state index contributed by atoms with van der Waals surface area (Å²) >= 11 is 6.19. The number of anilines is 1. The summed E-state index contributed by atoms with van der Waals surface area (Å²) < 4.78 is 5.97. The van der Waals surface area contributed by atoms with E-state index in [2.05, 4.69) is 13.8 Å². The molecule has 3 nitrogen and oxygen atoms in total. The van der Waals surface area contributed by atoms with Crippen LogP contribution in [0.1, 0.15) is 70.7 Å². The largest absolute Gasteiger partial charge is 0.489 e. The van der Waals surface area contributed by atoms with Gasteiger partial charge in [-0.3, -0.25) is 4.79 Å². The van der Waals surface area contributed by atoms with Gasteiger partial charge in [0.15, 0.2) is 5.78 Å². The van der Waals surface area contributed by atoms with Crippen molar-refractivity contribution in [1.29, 1.82) is 0 Å². The van der Waals surface area contributed by atoms with Crippen LogP contribution in [0.3, 0.4) is 0 Å². The number of carbonyl (C=O) groups excluding carboxylic acids is 1. The lowest BCUT2D eigenvalue weighted by Gasteiger charge is -2.34. The Morgan fingerprint density at radius 2 is 1.82 bits per heavy atom. The maximum absolute atomic E-state index is 11.4. The fourth-order valence-corrected chi connectivity index (χ4v) is 2.84. The summed E-state index contributed by atoms with van der Waals surface area (Å²) in [6.07, 6.45) is 4.53. The predicted octanol–water partition coefficient (Wildman–Crippen LogP) is 5.50. The van der Waals surface area contributed by atoms with Crippen LogP contribution in [0.2, 0.25) is 5.02 Å². The summed E-state index contributed by atoms with van der Waals surface area (Å²) in [6, 6.07) is 3.26. The third kappa shape index (κ3) is 4.91. The van der Waals surface area contributed by atoms with Gasteiger partial charge in [-0.25, -0.2) is 0 Å². The Morgan fingerprint density at radius 3 is 2.32 bits per heavy atom. The Labute approximate surface area is 139 Å². The minimum atomic E-state index is -0.0876. The van der Waals surface area contributed by atoms with E-state index >= 15 is 0 Å². The first-order valence-electron chi connectivity index (χ1n) is 8.05. The number of ether oxygens (including phenoxy) is 1. The van der Waals surface area contributed by atoms with E-state index in [9.17, 15) is 4.79 Å². The van der Waals surface area contributed by atoms with Gasteiger partial charge in [0, 0.05) is 17.3 Å². The van der Waals surface area contributed by atoms with E-state index in [1.165, 1.54) is 6.92 Å². The molecule has 1 aliphatic carbocycles. The van der Waals surface area contributed by atoms with Crippen LogP contribution in [0.4, 0.5) is 5.69 Å². The van der Waals surface area contributed by atoms with Crippen molar-refractivity contribution < 1.29 is 9.53 Å². The summed E-state index contributed by atoms with van der Waals surface area (Å²) in [6.45, 7) is 10.1. The van der Waals surface area contributed by atoms with Gasteiger partial charge < -0.3 is 10.5 Å². The summed E-state index contributed by atoms with van der Waals surface area (Å²) in [5, 5.41) is 0.453. The Hall–Kier alpha value is -1.22. The van der Waals surface area contributed by atoms with E-state index < -0.39 is 0 Å². The Bertz CT molecular complexity index is 516. The monoisotopic (exact) mass is 325 g/mol. The molecule has 1 saturated carbocycles. The molecule has 4 heteroatoms. The molecule has 1 aromatic rings. The van der Waals surface area contributed by atoms with Gasteiger partial charge in [0.25, 0.3) is 0 Å². The zero-order valence-electron chi connectivity index (χ0n) is 14.3. The van der Waals surface area contributed by atoms with Gasteiger partial charge in [-0.15, -0.1) is 0 Å². The maximum atomic E-state index is 11.4. The molecule has 0 aliphatic heterocycles. The highest BCUT2D eigenvalue weighted by molar-refractivity contribution is 6.32. The maximum Gasteiger partial charge on any atom is 0.161 e. The molecule has 0 aromatic heterocycles. The molecular formula is C18H28ClNO2. The second-order valence-corrected chi connectivity index (χ2v) is 6.81. The smallest absolute Gasteiger partial charge is 0.161 e. The third-order valence-electron chi connectivity index (χ3n) is 4.06. The molecule has 124 valence electrons. The molecule has 22 heavy (non-hydrogen) atoms. The van der Waals surface area contributed by atoms with Crippen molar-refractivity contribution in [1.82, 2.24) is 0 Å². The molecule has 0 unspecified atom stereocenters. The van der Waals surface area contributed by atoms with E-state index in [0.717, 1.165) is 25.7 Å². The van der Waals surface area contributed by atoms with Crippen molar-refractivity contribution in [2.75, 3.05) is 5.73 Å². The molecule has 2 N–H and O–H groups in total. The number of hydrogen-bond acceptors (Lipinski definition) is 3. The quantitative estimate of drug-likeness (QED) is 0.589. The zero-order valence-corrected chi connectivity index (χ0v) is 15.1. The minimum absolute atomic E-state index is 0.0876. The zero-order chi connectivity index (χ0) is 16.9. The fourth-order valence-electron chi connectivity index (χ4n) is 2.63. The van der Waals surface area contributed by atoms with Gasteiger partial charge in [-0.1, -0.05) is 39.3 Å². The van der Waals surface area contributed by atoms with E-state index in [1.807, 2.05) is 13.8 Å². The molecule has 0 spiro atoms. The van der Waals surface area contributed by atoms with Gasteiger partial charge in [-0.2, -0.15) is 0 Å². The van der Waals surface area contributed by atoms with Gasteiger partial charge in [0.1, 0.15) is 5.75 Å². The fraction of sp³-hybridized carbons (Fsp3) is 0.611. The summed E-state index contributed by atoms with van der Waals surface area (Å²) in [7, 11) is 0. The second-order valence-electron chi connectivity index (χ2n) is 6.41. The summed E-state index contributed by atoms with van der Waals surface area (Å²) in [5.41, 5.74) is 7.16. The Balaban J connectivity index is 0.00000116. The van der Waals surface area contributed by atoms with E-state index in [4.69, 9.17) is 22.1 Å². The van der Waals surface area contributed by atoms with Crippen molar-refractivity contribution in [3.63, 3.8) is 0 Å². The number of carbonyl (C=O) groups is 1. The second kappa shape index (κ2) is 7.87. The molecule has 0 bridgehead atoms. The molecule has 1 fully saturated rings. The van der Waals surface area contributed by atoms with Crippen LogP contribution in [0.25, 0.3) is 0 Å². The number of nitrogen functional groups attached to an aromatic ring is 1. The molecule has 0 atom stereocenters. The average molecular weight is 326 g/mol. The van der Waals surface area contributed by atoms with Gasteiger partial charge >= 0.3 is 0 Å². The first-order chi connectivity index (χ1) is 10.3. The van der Waals surface area contributed by atoms with Crippen LogP contribution in [0, 0.1) is 5.41 Å². The molecule has 1 aromatic carbocycles. The van der Waals surface area contributed by atoms with E-state index in [0.29, 0.717) is 27.4 Å². The first kappa shape index (κ1) is 18.8. The normalized spacial score (nSPS) is 17.4. The highest BCUT2D eigenvalue weighted by Crippen LogP contribution is 2.38.